The van der Waals surface area contributed by atoms with Crippen LogP contribution in [-0.2, 0) is 17.8 Å². The molecule has 1 aromatic carbocycles. The highest BCUT2D eigenvalue weighted by Gasteiger charge is 2.14. The highest BCUT2D eigenvalue weighted by Crippen LogP contribution is 2.20. The first-order chi connectivity index (χ1) is 12.4. The van der Waals surface area contributed by atoms with Crippen molar-refractivity contribution in [3.63, 3.8) is 0 Å². The van der Waals surface area contributed by atoms with Gasteiger partial charge in [-0.2, -0.15) is 0 Å². The molecule has 2 rings (SSSR count). The molecular weight excluding hydrogens is 352 g/mol. The van der Waals surface area contributed by atoms with Gasteiger partial charge in [-0.1, -0.05) is 11.8 Å². The molecule has 140 valence electrons. The van der Waals surface area contributed by atoms with Gasteiger partial charge in [-0.3, -0.25) is 9.59 Å². The number of thioether (sulfide) groups is 1. The monoisotopic (exact) mass is 376 g/mol. The van der Waals surface area contributed by atoms with Gasteiger partial charge >= 0.3 is 0 Å². The van der Waals surface area contributed by atoms with E-state index in [1.54, 1.807) is 24.3 Å². The summed E-state index contributed by atoms with van der Waals surface area (Å²) in [4.78, 5) is 23.3. The maximum Gasteiger partial charge on any atom is 0.217 e. The molecule has 0 atom stereocenters. The maximum atomic E-state index is 12.4. The molecule has 1 amide bonds. The molecule has 0 saturated carbocycles. The van der Waals surface area contributed by atoms with E-state index in [4.69, 9.17) is 10.5 Å². The quantitative estimate of drug-likeness (QED) is 0.505. The van der Waals surface area contributed by atoms with Crippen LogP contribution in [-0.4, -0.2) is 38.3 Å². The summed E-state index contributed by atoms with van der Waals surface area (Å²) in [5.74, 6) is 1.35. The summed E-state index contributed by atoms with van der Waals surface area (Å²) in [5, 5.41) is 8.90. The van der Waals surface area contributed by atoms with Gasteiger partial charge in [0.05, 0.1) is 11.9 Å². The first-order valence-electron chi connectivity index (χ1n) is 8.53. The molecule has 1 aromatic heterocycles. The molecule has 2 N–H and O–H groups in total. The van der Waals surface area contributed by atoms with Crippen LogP contribution in [0.25, 0.3) is 0 Å². The summed E-state index contributed by atoms with van der Waals surface area (Å²) in [6.45, 7) is 6.55. The lowest BCUT2D eigenvalue weighted by Crippen LogP contribution is -2.13. The fourth-order valence-electron chi connectivity index (χ4n) is 2.37. The second kappa shape index (κ2) is 9.38. The van der Waals surface area contributed by atoms with E-state index in [1.807, 2.05) is 25.3 Å². The van der Waals surface area contributed by atoms with E-state index in [0.717, 1.165) is 5.75 Å². The number of ketones is 1. The molecule has 0 saturated heterocycles. The van der Waals surface area contributed by atoms with Crippen LogP contribution in [0.4, 0.5) is 0 Å². The molecule has 0 aliphatic carbocycles. The van der Waals surface area contributed by atoms with Crippen molar-refractivity contribution < 1.29 is 14.3 Å². The number of carbonyl (C=O) groups is 2. The molecule has 0 aliphatic heterocycles. The second-order valence-corrected chi connectivity index (χ2v) is 6.95. The van der Waals surface area contributed by atoms with E-state index in [-0.39, 0.29) is 30.0 Å². The SMILES string of the molecule is CCn1c(CCC(N)=O)nnc1SCC(=O)c1ccc(OC(C)C)cc1. The predicted molar refractivity (Wildman–Crippen MR) is 100 cm³/mol. The molecule has 1 heterocycles. The Labute approximate surface area is 157 Å². The van der Waals surface area contributed by atoms with Crippen LogP contribution in [0.1, 0.15) is 43.4 Å². The number of rotatable bonds is 10. The average molecular weight is 376 g/mol. The highest BCUT2D eigenvalue weighted by atomic mass is 32.2. The Morgan fingerprint density at radius 3 is 2.50 bits per heavy atom. The number of carbonyl (C=O) groups excluding carboxylic acids is 2. The minimum atomic E-state index is -0.370. The summed E-state index contributed by atoms with van der Waals surface area (Å²) >= 11 is 1.34. The molecule has 26 heavy (non-hydrogen) atoms. The summed E-state index contributed by atoms with van der Waals surface area (Å²) in [6, 6.07) is 7.13. The predicted octanol–water partition coefficient (Wildman–Crippen LogP) is 2.48. The third-order valence-corrected chi connectivity index (χ3v) is 4.55. The van der Waals surface area contributed by atoms with Crippen LogP contribution in [0.15, 0.2) is 29.4 Å². The second-order valence-electron chi connectivity index (χ2n) is 6.01. The number of hydrogen-bond donors (Lipinski definition) is 1. The summed E-state index contributed by atoms with van der Waals surface area (Å²) in [7, 11) is 0. The lowest BCUT2D eigenvalue weighted by atomic mass is 10.1. The molecule has 0 bridgehead atoms. The Morgan fingerprint density at radius 1 is 1.23 bits per heavy atom. The lowest BCUT2D eigenvalue weighted by molar-refractivity contribution is -0.118. The summed E-state index contributed by atoms with van der Waals surface area (Å²) in [6.07, 6.45) is 0.769. The van der Waals surface area contributed by atoms with Crippen LogP contribution in [0.3, 0.4) is 0 Å². The minimum Gasteiger partial charge on any atom is -0.491 e. The number of Topliss-reactive ketones (excluding diaryl/α,β-unsaturated/α-hetero) is 1. The highest BCUT2D eigenvalue weighted by molar-refractivity contribution is 7.99. The zero-order valence-corrected chi connectivity index (χ0v) is 16.1. The van der Waals surface area contributed by atoms with Crippen molar-refractivity contribution in [3.05, 3.63) is 35.7 Å². The van der Waals surface area contributed by atoms with E-state index in [1.165, 1.54) is 11.8 Å². The Hall–Kier alpha value is -2.35. The largest absolute Gasteiger partial charge is 0.491 e. The zero-order chi connectivity index (χ0) is 19.1. The minimum absolute atomic E-state index is 0.00966. The Bertz CT molecular complexity index is 756. The number of hydrogen-bond acceptors (Lipinski definition) is 6. The van der Waals surface area contributed by atoms with Gasteiger partial charge in [0.1, 0.15) is 11.6 Å². The van der Waals surface area contributed by atoms with Crippen LogP contribution in [0.5, 0.6) is 5.75 Å². The molecule has 0 aliphatic rings. The normalized spacial score (nSPS) is 10.9. The fraction of sp³-hybridized carbons (Fsp3) is 0.444. The summed E-state index contributed by atoms with van der Waals surface area (Å²) < 4.78 is 7.48. The smallest absolute Gasteiger partial charge is 0.217 e. The average Bonchev–Trinajstić information content (AvgIpc) is 2.99. The summed E-state index contributed by atoms with van der Waals surface area (Å²) in [5.41, 5.74) is 5.81. The van der Waals surface area contributed by atoms with E-state index < -0.39 is 0 Å². The number of primary amides is 1. The van der Waals surface area contributed by atoms with Crippen LogP contribution in [0, 0.1) is 0 Å². The van der Waals surface area contributed by atoms with Crippen molar-refractivity contribution >= 4 is 23.5 Å². The number of aromatic nitrogens is 3. The number of aryl methyl sites for hydroxylation is 1. The molecular formula is C18H24N4O3S. The zero-order valence-electron chi connectivity index (χ0n) is 15.3. The van der Waals surface area contributed by atoms with Crippen molar-refractivity contribution in [1.29, 1.82) is 0 Å². The number of nitrogens with two attached hydrogens (primary N) is 1. The van der Waals surface area contributed by atoms with Crippen molar-refractivity contribution in [3.8, 4) is 5.75 Å². The van der Waals surface area contributed by atoms with Crippen molar-refractivity contribution in [2.45, 2.75) is 51.4 Å². The molecule has 2 aromatic rings. The van der Waals surface area contributed by atoms with Gasteiger partial charge in [-0.05, 0) is 45.0 Å². The molecule has 8 heteroatoms. The standard InChI is InChI=1S/C18H24N4O3S/c1-4-22-17(10-9-16(19)24)20-21-18(22)26-11-15(23)13-5-7-14(8-6-13)25-12(2)3/h5-8,12H,4,9-11H2,1-3H3,(H2,19,24). The number of ether oxygens (including phenoxy) is 1. The van der Waals surface area contributed by atoms with Gasteiger partial charge in [0, 0.05) is 24.9 Å². The van der Waals surface area contributed by atoms with Crippen LogP contribution < -0.4 is 10.5 Å². The van der Waals surface area contributed by atoms with Gasteiger partial charge in [0.25, 0.3) is 0 Å². The fourth-order valence-corrected chi connectivity index (χ4v) is 3.28. The molecule has 0 unspecified atom stereocenters. The first kappa shape index (κ1) is 20.0. The van der Waals surface area contributed by atoms with Crippen molar-refractivity contribution in [1.82, 2.24) is 14.8 Å². The van der Waals surface area contributed by atoms with E-state index in [2.05, 4.69) is 10.2 Å². The van der Waals surface area contributed by atoms with Gasteiger partial charge in [-0.15, -0.1) is 10.2 Å². The Kier molecular flexibility index (Phi) is 7.20. The Balaban J connectivity index is 1.97. The van der Waals surface area contributed by atoms with Crippen molar-refractivity contribution in [2.75, 3.05) is 5.75 Å². The van der Waals surface area contributed by atoms with Gasteiger partial charge < -0.3 is 15.0 Å². The van der Waals surface area contributed by atoms with E-state index in [0.29, 0.717) is 29.5 Å². The molecule has 0 fully saturated rings. The lowest BCUT2D eigenvalue weighted by Gasteiger charge is -2.10. The third-order valence-electron chi connectivity index (χ3n) is 3.59. The first-order valence-corrected chi connectivity index (χ1v) is 9.52. The van der Waals surface area contributed by atoms with Gasteiger partial charge in [-0.25, -0.2) is 0 Å². The van der Waals surface area contributed by atoms with Crippen LogP contribution >= 0.6 is 11.8 Å². The van der Waals surface area contributed by atoms with Crippen LogP contribution in [0.2, 0.25) is 0 Å². The Morgan fingerprint density at radius 2 is 1.92 bits per heavy atom. The molecule has 0 spiro atoms. The van der Waals surface area contributed by atoms with E-state index in [9.17, 15) is 9.59 Å². The molecule has 7 nitrogen and oxygen atoms in total. The van der Waals surface area contributed by atoms with Crippen molar-refractivity contribution in [2.24, 2.45) is 5.73 Å². The topological polar surface area (TPSA) is 100 Å². The molecule has 0 radical (unpaired) electrons. The number of nitrogens with zero attached hydrogens (tertiary/aromatic N) is 3. The third kappa shape index (κ3) is 5.59. The van der Waals surface area contributed by atoms with E-state index >= 15 is 0 Å². The van der Waals surface area contributed by atoms with Gasteiger partial charge in [0.2, 0.25) is 5.91 Å². The number of benzene rings is 1. The maximum absolute atomic E-state index is 12.4. The van der Waals surface area contributed by atoms with Gasteiger partial charge in [0.15, 0.2) is 10.9 Å². The number of amides is 1.